The fourth-order valence-electron chi connectivity index (χ4n) is 10.7. The van der Waals surface area contributed by atoms with E-state index in [0.29, 0.717) is 10.8 Å². The van der Waals surface area contributed by atoms with Crippen molar-refractivity contribution in [2.45, 2.75) is 116 Å². The zero-order valence-corrected chi connectivity index (χ0v) is 20.3. The van der Waals surface area contributed by atoms with E-state index in [9.17, 15) is 0 Å². The van der Waals surface area contributed by atoms with E-state index in [2.05, 4.69) is 27.0 Å². The molecule has 8 saturated carbocycles. The molecule has 1 heteroatoms. The predicted octanol–water partition coefficient (Wildman–Crippen LogP) is 8.11. The largest absolute Gasteiger partial charge is 0.366 e. The van der Waals surface area contributed by atoms with Gasteiger partial charge in [0.2, 0.25) is 0 Å². The molecule has 0 heterocycles. The van der Waals surface area contributed by atoms with Crippen molar-refractivity contribution in [3.8, 4) is 0 Å². The molecular formula is C30H46O. The van der Waals surface area contributed by atoms with Crippen LogP contribution in [0.1, 0.15) is 104 Å². The Balaban J connectivity index is 1.17. The van der Waals surface area contributed by atoms with Crippen LogP contribution in [0.5, 0.6) is 0 Å². The second kappa shape index (κ2) is 7.48. The van der Waals surface area contributed by atoms with E-state index in [1.54, 1.807) is 0 Å². The predicted molar refractivity (Wildman–Crippen MR) is 129 cm³/mol. The van der Waals surface area contributed by atoms with Crippen LogP contribution < -0.4 is 0 Å². The Bertz CT molecular complexity index is 611. The average molecular weight is 423 g/mol. The van der Waals surface area contributed by atoms with Crippen LogP contribution in [-0.4, -0.2) is 12.2 Å². The van der Waals surface area contributed by atoms with Crippen molar-refractivity contribution in [1.82, 2.24) is 0 Å². The molecule has 172 valence electrons. The van der Waals surface area contributed by atoms with Crippen LogP contribution >= 0.6 is 0 Å². The van der Waals surface area contributed by atoms with Crippen LogP contribution in [0.2, 0.25) is 0 Å². The summed E-state index contributed by atoms with van der Waals surface area (Å²) in [5, 5.41) is 0. The van der Waals surface area contributed by atoms with Crippen LogP contribution in [0.3, 0.4) is 0 Å². The number of rotatable bonds is 8. The Morgan fingerprint density at radius 1 is 0.613 bits per heavy atom. The van der Waals surface area contributed by atoms with Gasteiger partial charge in [-0.3, -0.25) is 0 Å². The van der Waals surface area contributed by atoms with Gasteiger partial charge in [0.25, 0.3) is 0 Å². The monoisotopic (exact) mass is 422 g/mol. The van der Waals surface area contributed by atoms with Gasteiger partial charge in [-0.25, -0.2) is 0 Å². The molecular weight excluding hydrogens is 376 g/mol. The molecule has 8 aliphatic carbocycles. The normalized spacial score (nSPS) is 48.7. The van der Waals surface area contributed by atoms with E-state index in [0.717, 1.165) is 35.5 Å². The summed E-state index contributed by atoms with van der Waals surface area (Å²) in [7, 11) is 0. The second-order valence-corrected chi connectivity index (χ2v) is 14.0. The maximum Gasteiger partial charge on any atom is 0.0793 e. The van der Waals surface area contributed by atoms with Crippen LogP contribution in [0.4, 0.5) is 0 Å². The van der Waals surface area contributed by atoms with E-state index < -0.39 is 0 Å². The van der Waals surface area contributed by atoms with Gasteiger partial charge >= 0.3 is 0 Å². The van der Waals surface area contributed by atoms with Crippen molar-refractivity contribution >= 4 is 0 Å². The Morgan fingerprint density at radius 2 is 0.871 bits per heavy atom. The number of hydrogen-bond donors (Lipinski definition) is 0. The van der Waals surface area contributed by atoms with Crippen molar-refractivity contribution in [3.63, 3.8) is 0 Å². The lowest BCUT2D eigenvalue weighted by Crippen LogP contribution is -2.49. The summed E-state index contributed by atoms with van der Waals surface area (Å²) in [4.78, 5) is 0. The summed E-state index contributed by atoms with van der Waals surface area (Å²) in [5.74, 6) is 6.09. The Morgan fingerprint density at radius 3 is 1.10 bits per heavy atom. The highest BCUT2D eigenvalue weighted by atomic mass is 16.5. The first kappa shape index (κ1) is 21.0. The minimum absolute atomic E-state index is 0.229. The molecule has 8 aliphatic rings. The lowest BCUT2D eigenvalue weighted by molar-refractivity contribution is -0.109. The van der Waals surface area contributed by atoms with Gasteiger partial charge in [0.1, 0.15) is 0 Å². The average Bonchev–Trinajstić information content (AvgIpc) is 2.64. The van der Waals surface area contributed by atoms with E-state index in [1.807, 2.05) is 0 Å². The van der Waals surface area contributed by atoms with Gasteiger partial charge < -0.3 is 4.74 Å². The lowest BCUT2D eigenvalue weighted by atomic mass is 9.48. The van der Waals surface area contributed by atoms with Crippen molar-refractivity contribution in [1.29, 1.82) is 0 Å². The molecule has 8 fully saturated rings. The van der Waals surface area contributed by atoms with Crippen molar-refractivity contribution in [2.75, 3.05) is 0 Å². The standard InChI is InChI=1S/C30H46O/c1-19(2)27(17-29-11-21-5-22(12-29)7-23(6-21)13-29)31-28(20(3)4)18-30-14-24-8-25(15-30)10-26(9-24)16-30/h21-28H,1,3,5-18H2,2,4H3. The van der Waals surface area contributed by atoms with Crippen LogP contribution in [0, 0.1) is 46.3 Å². The van der Waals surface area contributed by atoms with Crippen molar-refractivity contribution in [2.24, 2.45) is 46.3 Å². The minimum Gasteiger partial charge on any atom is -0.366 e. The molecule has 0 N–H and O–H groups in total. The fourth-order valence-corrected chi connectivity index (χ4v) is 10.7. The zero-order valence-electron chi connectivity index (χ0n) is 20.3. The molecule has 31 heavy (non-hydrogen) atoms. The maximum absolute atomic E-state index is 7.05. The van der Waals surface area contributed by atoms with Crippen LogP contribution in [-0.2, 0) is 4.74 Å². The van der Waals surface area contributed by atoms with Gasteiger partial charge in [-0.2, -0.15) is 0 Å². The van der Waals surface area contributed by atoms with Gasteiger partial charge in [0.05, 0.1) is 12.2 Å². The molecule has 0 amide bonds. The van der Waals surface area contributed by atoms with Gasteiger partial charge in [-0.1, -0.05) is 24.3 Å². The van der Waals surface area contributed by atoms with E-state index >= 15 is 0 Å². The molecule has 8 bridgehead atoms. The third-order valence-electron chi connectivity index (χ3n) is 11.0. The van der Waals surface area contributed by atoms with Crippen LogP contribution in [0.15, 0.2) is 24.3 Å². The third kappa shape index (κ3) is 3.89. The summed E-state index contributed by atoms with van der Waals surface area (Å²) in [5.41, 5.74) is 3.62. The molecule has 0 aromatic rings. The number of hydrogen-bond acceptors (Lipinski definition) is 1. The Labute approximate surface area is 191 Å². The summed E-state index contributed by atoms with van der Waals surface area (Å²) < 4.78 is 7.05. The highest BCUT2D eigenvalue weighted by Crippen LogP contribution is 2.63. The molecule has 0 radical (unpaired) electrons. The van der Waals surface area contributed by atoms with Gasteiger partial charge in [-0.15, -0.1) is 0 Å². The van der Waals surface area contributed by atoms with Crippen molar-refractivity contribution in [3.05, 3.63) is 24.3 Å². The quantitative estimate of drug-likeness (QED) is 0.359. The van der Waals surface area contributed by atoms with Gasteiger partial charge in [0, 0.05) is 0 Å². The summed E-state index contributed by atoms with van der Waals surface area (Å²) in [6.07, 6.45) is 20.9. The summed E-state index contributed by atoms with van der Waals surface area (Å²) in [6.45, 7) is 13.3. The fraction of sp³-hybridized carbons (Fsp3) is 0.867. The van der Waals surface area contributed by atoms with Crippen molar-refractivity contribution < 1.29 is 4.74 Å². The highest BCUT2D eigenvalue weighted by Gasteiger charge is 2.53. The molecule has 2 atom stereocenters. The first-order valence-corrected chi connectivity index (χ1v) is 13.7. The summed E-state index contributed by atoms with van der Waals surface area (Å²) >= 11 is 0. The SMILES string of the molecule is C=C(C)C(CC12CC3CC(CC(C3)C1)C2)OC(CC12CC3CC(CC(C3)C1)C2)C(=C)C. The van der Waals surface area contributed by atoms with Crippen LogP contribution in [0.25, 0.3) is 0 Å². The van der Waals surface area contributed by atoms with E-state index in [-0.39, 0.29) is 12.2 Å². The molecule has 8 rings (SSSR count). The molecule has 0 spiro atoms. The molecule has 0 aliphatic heterocycles. The Kier molecular flexibility index (Phi) is 5.07. The second-order valence-electron chi connectivity index (χ2n) is 14.0. The number of ether oxygens (including phenoxy) is 1. The molecule has 0 aromatic carbocycles. The molecule has 1 nitrogen and oxygen atoms in total. The smallest absolute Gasteiger partial charge is 0.0793 e. The first-order valence-electron chi connectivity index (χ1n) is 13.7. The summed E-state index contributed by atoms with van der Waals surface area (Å²) in [6, 6.07) is 0. The maximum atomic E-state index is 7.05. The Hall–Kier alpha value is -0.560. The minimum atomic E-state index is 0.229. The third-order valence-corrected chi connectivity index (χ3v) is 11.0. The van der Waals surface area contributed by atoms with E-state index in [4.69, 9.17) is 4.74 Å². The first-order chi connectivity index (χ1) is 14.8. The topological polar surface area (TPSA) is 9.23 Å². The lowest BCUT2D eigenvalue weighted by Gasteiger charge is -2.58. The zero-order chi connectivity index (χ0) is 21.4. The highest BCUT2D eigenvalue weighted by molar-refractivity contribution is 5.11. The molecule has 2 unspecified atom stereocenters. The van der Waals surface area contributed by atoms with E-state index in [1.165, 1.54) is 101 Å². The molecule has 0 aromatic heterocycles. The van der Waals surface area contributed by atoms with Gasteiger partial charge in [-0.05, 0) is 150 Å². The van der Waals surface area contributed by atoms with Gasteiger partial charge in [0.15, 0.2) is 0 Å². The molecule has 0 saturated heterocycles.